The lowest BCUT2D eigenvalue weighted by atomic mass is 10.0. The summed E-state index contributed by atoms with van der Waals surface area (Å²) in [5.74, 6) is 2.38. The van der Waals surface area contributed by atoms with Crippen LogP contribution in [0.4, 0.5) is 0 Å². The van der Waals surface area contributed by atoms with E-state index in [0.717, 1.165) is 18.0 Å². The van der Waals surface area contributed by atoms with Crippen molar-refractivity contribution in [2.45, 2.75) is 37.8 Å². The molecule has 0 aromatic heterocycles. The van der Waals surface area contributed by atoms with E-state index in [2.05, 4.69) is 22.0 Å². The molecule has 2 heterocycles. The van der Waals surface area contributed by atoms with Gasteiger partial charge in [-0.1, -0.05) is 18.9 Å². The number of aliphatic imine (C=N–C) groups is 1. The maximum atomic E-state index is 6.14. The number of hydrogen-bond donors (Lipinski definition) is 1. The Hall–Kier alpha value is -1.91. The summed E-state index contributed by atoms with van der Waals surface area (Å²) in [5, 5.41) is 0. The van der Waals surface area contributed by atoms with Crippen LogP contribution in [0.2, 0.25) is 0 Å². The predicted molar refractivity (Wildman–Crippen MR) is 80.8 cm³/mol. The molecule has 1 unspecified atom stereocenters. The molecule has 0 bridgehead atoms. The molecule has 1 aliphatic carbocycles. The van der Waals surface area contributed by atoms with E-state index < -0.39 is 0 Å². The third kappa shape index (κ3) is 2.20. The summed E-state index contributed by atoms with van der Waals surface area (Å²) >= 11 is 0. The van der Waals surface area contributed by atoms with Crippen molar-refractivity contribution in [2.75, 3.05) is 19.8 Å². The van der Waals surface area contributed by atoms with Crippen LogP contribution in [0.5, 0.6) is 11.5 Å². The molecule has 1 aromatic carbocycles. The highest BCUT2D eigenvalue weighted by Crippen LogP contribution is 2.38. The van der Waals surface area contributed by atoms with Gasteiger partial charge in [0.05, 0.1) is 12.6 Å². The van der Waals surface area contributed by atoms with Gasteiger partial charge < -0.3 is 20.1 Å². The van der Waals surface area contributed by atoms with Crippen molar-refractivity contribution >= 4 is 5.96 Å². The maximum absolute atomic E-state index is 6.14. The molecular weight excluding hydrogens is 266 g/mol. The zero-order chi connectivity index (χ0) is 14.2. The highest BCUT2D eigenvalue weighted by molar-refractivity contribution is 5.81. The molecular formula is C16H21N3O2. The standard InChI is InChI=1S/C16H21N3O2/c17-16-18-10-13(19(16)12-3-1-2-4-12)11-5-6-14-15(9-11)21-8-7-20-14/h5-6,9,12-13H,1-4,7-8,10H2,(H2,17,18). The average Bonchev–Trinajstić information content (AvgIpc) is 3.15. The van der Waals surface area contributed by atoms with Crippen LogP contribution >= 0.6 is 0 Å². The minimum absolute atomic E-state index is 0.240. The highest BCUT2D eigenvalue weighted by atomic mass is 16.6. The first-order valence-corrected chi connectivity index (χ1v) is 7.81. The van der Waals surface area contributed by atoms with Gasteiger partial charge in [0.1, 0.15) is 13.2 Å². The highest BCUT2D eigenvalue weighted by Gasteiger charge is 2.35. The van der Waals surface area contributed by atoms with Crippen molar-refractivity contribution < 1.29 is 9.47 Å². The summed E-state index contributed by atoms with van der Waals surface area (Å²) in [6, 6.07) is 6.99. The van der Waals surface area contributed by atoms with Crippen LogP contribution < -0.4 is 15.2 Å². The zero-order valence-corrected chi connectivity index (χ0v) is 12.1. The first-order valence-electron chi connectivity index (χ1n) is 7.81. The first kappa shape index (κ1) is 12.8. The van der Waals surface area contributed by atoms with E-state index in [4.69, 9.17) is 15.2 Å². The van der Waals surface area contributed by atoms with Crippen LogP contribution in [0, 0.1) is 0 Å². The Morgan fingerprint density at radius 2 is 1.86 bits per heavy atom. The van der Waals surface area contributed by atoms with Crippen molar-refractivity contribution in [2.24, 2.45) is 10.7 Å². The average molecular weight is 287 g/mol. The van der Waals surface area contributed by atoms with Crippen LogP contribution in [-0.2, 0) is 0 Å². The van der Waals surface area contributed by atoms with Gasteiger partial charge in [-0.25, -0.2) is 0 Å². The number of nitrogens with zero attached hydrogens (tertiary/aromatic N) is 2. The molecule has 0 spiro atoms. The number of ether oxygens (including phenoxy) is 2. The van der Waals surface area contributed by atoms with E-state index in [-0.39, 0.29) is 6.04 Å². The second kappa shape index (κ2) is 5.13. The largest absolute Gasteiger partial charge is 0.486 e. The monoisotopic (exact) mass is 287 g/mol. The lowest BCUT2D eigenvalue weighted by molar-refractivity contribution is 0.170. The fourth-order valence-electron chi connectivity index (χ4n) is 3.67. The van der Waals surface area contributed by atoms with Gasteiger partial charge in [0.2, 0.25) is 0 Å². The summed E-state index contributed by atoms with van der Waals surface area (Å²) in [6.07, 6.45) is 5.03. The van der Waals surface area contributed by atoms with Crippen LogP contribution in [0.25, 0.3) is 0 Å². The minimum atomic E-state index is 0.240. The first-order chi connectivity index (χ1) is 10.3. The summed E-state index contributed by atoms with van der Waals surface area (Å²) in [7, 11) is 0. The fraction of sp³-hybridized carbons (Fsp3) is 0.562. The smallest absolute Gasteiger partial charge is 0.192 e. The fourth-order valence-corrected chi connectivity index (χ4v) is 3.67. The molecule has 1 aromatic rings. The minimum Gasteiger partial charge on any atom is -0.486 e. The quantitative estimate of drug-likeness (QED) is 0.904. The van der Waals surface area contributed by atoms with Crippen molar-refractivity contribution in [3.63, 3.8) is 0 Å². The molecule has 0 radical (unpaired) electrons. The molecule has 1 atom stereocenters. The van der Waals surface area contributed by atoms with Gasteiger partial charge in [-0.15, -0.1) is 0 Å². The van der Waals surface area contributed by atoms with Gasteiger partial charge in [-0.2, -0.15) is 0 Å². The van der Waals surface area contributed by atoms with Crippen molar-refractivity contribution in [3.05, 3.63) is 23.8 Å². The summed E-state index contributed by atoms with van der Waals surface area (Å²) in [5.41, 5.74) is 7.36. The van der Waals surface area contributed by atoms with Crippen LogP contribution in [0.15, 0.2) is 23.2 Å². The molecule has 2 aliphatic heterocycles. The number of rotatable bonds is 2. The van der Waals surface area contributed by atoms with Crippen LogP contribution in [0.1, 0.15) is 37.3 Å². The van der Waals surface area contributed by atoms with Gasteiger partial charge in [-0.05, 0) is 30.5 Å². The van der Waals surface area contributed by atoms with Crippen molar-refractivity contribution in [1.82, 2.24) is 4.90 Å². The molecule has 0 amide bonds. The van der Waals surface area contributed by atoms with E-state index in [9.17, 15) is 0 Å². The Balaban J connectivity index is 1.62. The Kier molecular flexibility index (Phi) is 3.13. The lowest BCUT2D eigenvalue weighted by Crippen LogP contribution is -2.42. The molecule has 112 valence electrons. The number of nitrogens with two attached hydrogens (primary N) is 1. The second-order valence-corrected chi connectivity index (χ2v) is 5.96. The van der Waals surface area contributed by atoms with Gasteiger partial charge >= 0.3 is 0 Å². The molecule has 0 saturated heterocycles. The van der Waals surface area contributed by atoms with Crippen molar-refractivity contribution in [1.29, 1.82) is 0 Å². The number of benzene rings is 1. The topological polar surface area (TPSA) is 60.1 Å². The van der Waals surface area contributed by atoms with Crippen molar-refractivity contribution in [3.8, 4) is 11.5 Å². The molecule has 3 aliphatic rings. The van der Waals surface area contributed by atoms with Gasteiger partial charge in [0.25, 0.3) is 0 Å². The van der Waals surface area contributed by atoms with Gasteiger partial charge in [0.15, 0.2) is 17.5 Å². The molecule has 5 heteroatoms. The molecule has 2 N–H and O–H groups in total. The normalized spacial score (nSPS) is 25.2. The lowest BCUT2D eigenvalue weighted by Gasteiger charge is -2.32. The number of fused-ring (bicyclic) bond motifs is 1. The Labute approximate surface area is 124 Å². The summed E-state index contributed by atoms with van der Waals surface area (Å²) in [4.78, 5) is 6.80. The molecule has 21 heavy (non-hydrogen) atoms. The molecule has 4 rings (SSSR count). The van der Waals surface area contributed by atoms with Gasteiger partial charge in [0, 0.05) is 6.04 Å². The SMILES string of the molecule is NC1=NCC(c2ccc3c(c2)OCCO3)N1C1CCCC1. The Morgan fingerprint density at radius 1 is 1.10 bits per heavy atom. The van der Waals surface area contributed by atoms with E-state index in [0.29, 0.717) is 25.2 Å². The van der Waals surface area contributed by atoms with E-state index >= 15 is 0 Å². The zero-order valence-electron chi connectivity index (χ0n) is 12.1. The summed E-state index contributed by atoms with van der Waals surface area (Å²) in [6.45, 7) is 1.98. The number of guanidine groups is 1. The Morgan fingerprint density at radius 3 is 2.67 bits per heavy atom. The molecule has 1 saturated carbocycles. The third-order valence-electron chi connectivity index (χ3n) is 4.70. The van der Waals surface area contributed by atoms with E-state index in [1.165, 1.54) is 31.2 Å². The second-order valence-electron chi connectivity index (χ2n) is 5.96. The van der Waals surface area contributed by atoms with Gasteiger partial charge in [-0.3, -0.25) is 4.99 Å². The number of hydrogen-bond acceptors (Lipinski definition) is 5. The van der Waals surface area contributed by atoms with Crippen LogP contribution in [-0.4, -0.2) is 36.7 Å². The molecule has 5 nitrogen and oxygen atoms in total. The predicted octanol–water partition coefficient (Wildman–Crippen LogP) is 2.07. The molecule has 1 fully saturated rings. The maximum Gasteiger partial charge on any atom is 0.192 e. The third-order valence-corrected chi connectivity index (χ3v) is 4.70. The van der Waals surface area contributed by atoms with Crippen LogP contribution in [0.3, 0.4) is 0 Å². The summed E-state index contributed by atoms with van der Waals surface area (Å²) < 4.78 is 11.3. The van der Waals surface area contributed by atoms with E-state index in [1.54, 1.807) is 0 Å². The Bertz CT molecular complexity index is 567. The van der Waals surface area contributed by atoms with E-state index in [1.807, 2.05) is 6.07 Å².